The maximum Gasteiger partial charge on any atom is 0.0110 e. The molecule has 1 fully saturated rings. The lowest BCUT2D eigenvalue weighted by Crippen LogP contribution is -2.46. The number of nitrogens with one attached hydrogen (secondary N) is 1. The van der Waals surface area contributed by atoms with Crippen LogP contribution in [0.2, 0.25) is 0 Å². The third-order valence-corrected chi connectivity index (χ3v) is 3.33. The highest BCUT2D eigenvalue weighted by Crippen LogP contribution is 2.02. The van der Waals surface area contributed by atoms with Crippen LogP contribution in [0.3, 0.4) is 0 Å². The quantitative estimate of drug-likeness (QED) is 0.706. The van der Waals surface area contributed by atoms with Crippen LogP contribution >= 0.6 is 0 Å². The van der Waals surface area contributed by atoms with Crippen molar-refractivity contribution in [3.63, 3.8) is 0 Å². The number of piperazine rings is 1. The van der Waals surface area contributed by atoms with Gasteiger partial charge in [-0.2, -0.15) is 0 Å². The van der Waals surface area contributed by atoms with Crippen molar-refractivity contribution in [2.75, 3.05) is 52.9 Å². The van der Waals surface area contributed by atoms with Crippen LogP contribution in [0.4, 0.5) is 0 Å². The Labute approximate surface area is 94.8 Å². The summed E-state index contributed by atoms with van der Waals surface area (Å²) >= 11 is 0. The van der Waals surface area contributed by atoms with Crippen LogP contribution < -0.4 is 5.32 Å². The number of likely N-dealkylation sites (N-methyl/N-ethyl adjacent to an activating group) is 1. The Morgan fingerprint density at radius 1 is 1.33 bits per heavy atom. The van der Waals surface area contributed by atoms with Crippen LogP contribution in [0.15, 0.2) is 0 Å². The zero-order valence-corrected chi connectivity index (χ0v) is 10.6. The van der Waals surface area contributed by atoms with Gasteiger partial charge in [0, 0.05) is 45.8 Å². The van der Waals surface area contributed by atoms with Gasteiger partial charge in [-0.1, -0.05) is 20.3 Å². The van der Waals surface area contributed by atoms with Gasteiger partial charge in [0.05, 0.1) is 0 Å². The van der Waals surface area contributed by atoms with Crippen LogP contribution in [0.1, 0.15) is 20.3 Å². The first-order valence-corrected chi connectivity index (χ1v) is 6.34. The molecule has 1 rings (SSSR count). The second-order valence-electron chi connectivity index (χ2n) is 4.87. The Hall–Kier alpha value is -0.120. The average molecular weight is 213 g/mol. The molecule has 1 heterocycles. The highest BCUT2D eigenvalue weighted by molar-refractivity contribution is 4.69. The van der Waals surface area contributed by atoms with Gasteiger partial charge >= 0.3 is 0 Å². The van der Waals surface area contributed by atoms with E-state index in [0.717, 1.165) is 19.0 Å². The Balaban J connectivity index is 2.07. The summed E-state index contributed by atoms with van der Waals surface area (Å²) in [6.45, 7) is 13.1. The van der Waals surface area contributed by atoms with Crippen LogP contribution in [-0.4, -0.2) is 62.7 Å². The largest absolute Gasteiger partial charge is 0.314 e. The Bertz CT molecular complexity index is 155. The first kappa shape index (κ1) is 12.9. The van der Waals surface area contributed by atoms with E-state index in [1.54, 1.807) is 0 Å². The fourth-order valence-corrected chi connectivity index (χ4v) is 2.00. The third-order valence-electron chi connectivity index (χ3n) is 3.33. The van der Waals surface area contributed by atoms with Gasteiger partial charge in [0.25, 0.3) is 0 Å². The Morgan fingerprint density at radius 2 is 2.00 bits per heavy atom. The molecule has 0 radical (unpaired) electrons. The van der Waals surface area contributed by atoms with Gasteiger partial charge in [0.15, 0.2) is 0 Å². The molecule has 0 saturated carbocycles. The zero-order valence-electron chi connectivity index (χ0n) is 10.6. The molecule has 1 aliphatic heterocycles. The molecule has 0 aromatic heterocycles. The molecule has 3 heteroatoms. The van der Waals surface area contributed by atoms with Crippen molar-refractivity contribution >= 4 is 0 Å². The minimum atomic E-state index is 0.832. The van der Waals surface area contributed by atoms with E-state index in [0.29, 0.717) is 0 Å². The van der Waals surface area contributed by atoms with Crippen LogP contribution in [0.5, 0.6) is 0 Å². The summed E-state index contributed by atoms with van der Waals surface area (Å²) in [5, 5.41) is 3.39. The van der Waals surface area contributed by atoms with Crippen molar-refractivity contribution in [2.24, 2.45) is 5.92 Å². The number of hydrogen-bond acceptors (Lipinski definition) is 3. The highest BCUT2D eigenvalue weighted by Gasteiger charge is 2.10. The van der Waals surface area contributed by atoms with Gasteiger partial charge in [-0.15, -0.1) is 0 Å². The van der Waals surface area contributed by atoms with E-state index < -0.39 is 0 Å². The van der Waals surface area contributed by atoms with Gasteiger partial charge in [-0.25, -0.2) is 0 Å². The normalized spacial score (nSPS) is 20.8. The lowest BCUT2D eigenvalue weighted by atomic mass is 10.1. The molecule has 0 aliphatic carbocycles. The molecule has 0 amide bonds. The smallest absolute Gasteiger partial charge is 0.0110 e. The van der Waals surface area contributed by atoms with Crippen molar-refractivity contribution in [1.29, 1.82) is 0 Å². The number of rotatable bonds is 6. The van der Waals surface area contributed by atoms with Crippen molar-refractivity contribution in [1.82, 2.24) is 15.1 Å². The van der Waals surface area contributed by atoms with Gasteiger partial charge in [0.2, 0.25) is 0 Å². The van der Waals surface area contributed by atoms with Crippen molar-refractivity contribution in [3.05, 3.63) is 0 Å². The molecule has 0 spiro atoms. The first-order chi connectivity index (χ1) is 7.22. The molecule has 1 atom stereocenters. The van der Waals surface area contributed by atoms with E-state index in [2.05, 4.69) is 36.0 Å². The second-order valence-corrected chi connectivity index (χ2v) is 4.87. The topological polar surface area (TPSA) is 18.5 Å². The number of nitrogens with zero attached hydrogens (tertiary/aromatic N) is 2. The van der Waals surface area contributed by atoms with E-state index in [1.165, 1.54) is 39.1 Å². The minimum absolute atomic E-state index is 0.832. The molecule has 90 valence electrons. The fraction of sp³-hybridized carbons (Fsp3) is 1.00. The van der Waals surface area contributed by atoms with Crippen LogP contribution in [-0.2, 0) is 0 Å². The molecule has 0 bridgehead atoms. The SMILES string of the molecule is CCC(C)CN(C)CCN1CCNCC1. The third kappa shape index (κ3) is 5.50. The average Bonchev–Trinajstić information content (AvgIpc) is 2.27. The lowest BCUT2D eigenvalue weighted by molar-refractivity contribution is 0.194. The Morgan fingerprint density at radius 3 is 2.60 bits per heavy atom. The highest BCUT2D eigenvalue weighted by atomic mass is 15.2. The van der Waals surface area contributed by atoms with Gasteiger partial charge in [0.1, 0.15) is 0 Å². The van der Waals surface area contributed by atoms with Crippen LogP contribution in [0, 0.1) is 5.92 Å². The predicted molar refractivity (Wildman–Crippen MR) is 66.3 cm³/mol. The summed E-state index contributed by atoms with van der Waals surface area (Å²) < 4.78 is 0. The van der Waals surface area contributed by atoms with E-state index >= 15 is 0 Å². The van der Waals surface area contributed by atoms with E-state index in [9.17, 15) is 0 Å². The summed E-state index contributed by atoms with van der Waals surface area (Å²) in [4.78, 5) is 5.03. The van der Waals surface area contributed by atoms with Crippen molar-refractivity contribution in [2.45, 2.75) is 20.3 Å². The van der Waals surface area contributed by atoms with E-state index in [1.807, 2.05) is 0 Å². The summed E-state index contributed by atoms with van der Waals surface area (Å²) in [5.41, 5.74) is 0. The maximum atomic E-state index is 3.39. The Kier molecular flexibility index (Phi) is 6.22. The van der Waals surface area contributed by atoms with Gasteiger partial charge < -0.3 is 10.2 Å². The fourth-order valence-electron chi connectivity index (χ4n) is 2.00. The summed E-state index contributed by atoms with van der Waals surface area (Å²) in [7, 11) is 2.24. The zero-order chi connectivity index (χ0) is 11.1. The number of hydrogen-bond donors (Lipinski definition) is 1. The molecular weight excluding hydrogens is 186 g/mol. The maximum absolute atomic E-state index is 3.39. The molecular formula is C12H27N3. The summed E-state index contributed by atoms with van der Waals surface area (Å²) in [5.74, 6) is 0.832. The van der Waals surface area contributed by atoms with Crippen LogP contribution in [0.25, 0.3) is 0 Å². The molecule has 1 aliphatic rings. The lowest BCUT2D eigenvalue weighted by Gasteiger charge is -2.29. The van der Waals surface area contributed by atoms with Crippen molar-refractivity contribution < 1.29 is 0 Å². The van der Waals surface area contributed by atoms with E-state index in [-0.39, 0.29) is 0 Å². The minimum Gasteiger partial charge on any atom is -0.314 e. The second kappa shape index (κ2) is 7.20. The molecule has 3 nitrogen and oxygen atoms in total. The molecule has 1 N–H and O–H groups in total. The molecule has 0 aromatic carbocycles. The van der Waals surface area contributed by atoms with Gasteiger partial charge in [-0.3, -0.25) is 4.90 Å². The van der Waals surface area contributed by atoms with Gasteiger partial charge in [-0.05, 0) is 13.0 Å². The standard InChI is InChI=1S/C12H27N3/c1-4-12(2)11-14(3)9-10-15-7-5-13-6-8-15/h12-13H,4-11H2,1-3H3. The molecule has 0 aromatic rings. The van der Waals surface area contributed by atoms with E-state index in [4.69, 9.17) is 0 Å². The monoisotopic (exact) mass is 213 g/mol. The summed E-state index contributed by atoms with van der Waals surface area (Å²) in [6.07, 6.45) is 1.29. The molecule has 1 unspecified atom stereocenters. The predicted octanol–water partition coefficient (Wildman–Crippen LogP) is 0.870. The molecule has 15 heavy (non-hydrogen) atoms. The molecule has 1 saturated heterocycles. The summed E-state index contributed by atoms with van der Waals surface area (Å²) in [6, 6.07) is 0. The first-order valence-electron chi connectivity index (χ1n) is 6.34. The van der Waals surface area contributed by atoms with Crippen molar-refractivity contribution in [3.8, 4) is 0 Å².